The average molecular weight is 305 g/mol. The molecule has 0 bridgehead atoms. The minimum Gasteiger partial charge on any atom is -0.261 e. The molecule has 0 saturated carbocycles. The largest absolute Gasteiger partial charge is 0.261 e. The summed E-state index contributed by atoms with van der Waals surface area (Å²) in [6.07, 6.45) is 6.08. The normalized spacial score (nSPS) is 14.3. The van der Waals surface area contributed by atoms with E-state index in [0.29, 0.717) is 0 Å². The molecule has 1 rings (SSSR count). The van der Waals surface area contributed by atoms with Gasteiger partial charge in [-0.15, -0.1) is 0 Å². The maximum absolute atomic E-state index is 5.02. The summed E-state index contributed by atoms with van der Waals surface area (Å²) >= 11 is 0. The summed E-state index contributed by atoms with van der Waals surface area (Å²) in [6.45, 7) is 22.8. The van der Waals surface area contributed by atoms with E-state index in [1.807, 2.05) is 12.4 Å². The lowest BCUT2D eigenvalue weighted by Gasteiger charge is -2.34. The van der Waals surface area contributed by atoms with Crippen LogP contribution < -0.4 is 0 Å². The van der Waals surface area contributed by atoms with Crippen molar-refractivity contribution >= 4 is 0 Å². The smallest absolute Gasteiger partial charge is 0.0646 e. The Kier molecular flexibility index (Phi) is 5.16. The molecular formula is C20H36N2. The molecule has 0 saturated heterocycles. The highest BCUT2D eigenvalue weighted by molar-refractivity contribution is 5.19. The molecule has 126 valence electrons. The van der Waals surface area contributed by atoms with E-state index in [9.17, 15) is 0 Å². The summed E-state index contributed by atoms with van der Waals surface area (Å²) < 4.78 is 0. The first-order chi connectivity index (χ1) is 9.62. The summed E-state index contributed by atoms with van der Waals surface area (Å²) in [4.78, 5) is 9.54. The van der Waals surface area contributed by atoms with Crippen molar-refractivity contribution in [2.45, 2.75) is 92.9 Å². The number of hydrogen-bond donors (Lipinski definition) is 0. The van der Waals surface area contributed by atoms with Crippen LogP contribution in [0.1, 0.15) is 93.5 Å². The van der Waals surface area contributed by atoms with Crippen molar-refractivity contribution in [1.29, 1.82) is 0 Å². The van der Waals surface area contributed by atoms with Crippen LogP contribution in [0.5, 0.6) is 0 Å². The van der Waals surface area contributed by atoms with E-state index in [2.05, 4.69) is 74.2 Å². The van der Waals surface area contributed by atoms with Crippen molar-refractivity contribution < 1.29 is 0 Å². The lowest BCUT2D eigenvalue weighted by molar-refractivity contribution is 0.269. The van der Waals surface area contributed by atoms with Crippen molar-refractivity contribution in [3.05, 3.63) is 23.8 Å². The van der Waals surface area contributed by atoms with E-state index < -0.39 is 0 Å². The molecule has 0 aromatic carbocycles. The Morgan fingerprint density at radius 1 is 0.636 bits per heavy atom. The number of aromatic nitrogens is 2. The van der Waals surface area contributed by atoms with E-state index in [1.54, 1.807) is 0 Å². The summed E-state index contributed by atoms with van der Waals surface area (Å²) in [5, 5.41) is 0. The van der Waals surface area contributed by atoms with Gasteiger partial charge in [0.1, 0.15) is 0 Å². The van der Waals surface area contributed by atoms with Gasteiger partial charge >= 0.3 is 0 Å². The van der Waals surface area contributed by atoms with Gasteiger partial charge in [-0.3, -0.25) is 9.97 Å². The monoisotopic (exact) mass is 304 g/mol. The molecular weight excluding hydrogens is 268 g/mol. The van der Waals surface area contributed by atoms with E-state index >= 15 is 0 Å². The summed E-state index contributed by atoms with van der Waals surface area (Å²) in [6, 6.07) is 0. The second-order valence-corrected chi connectivity index (χ2v) is 10.5. The van der Waals surface area contributed by atoms with Crippen LogP contribution in [0, 0.1) is 10.8 Å². The molecule has 0 fully saturated rings. The van der Waals surface area contributed by atoms with E-state index in [1.165, 1.54) is 0 Å². The fourth-order valence-electron chi connectivity index (χ4n) is 3.85. The minimum atomic E-state index is 0.0407. The Bertz CT molecular complexity index is 456. The highest BCUT2D eigenvalue weighted by Crippen LogP contribution is 2.38. The van der Waals surface area contributed by atoms with Gasteiger partial charge in [0.15, 0.2) is 0 Å². The zero-order valence-corrected chi connectivity index (χ0v) is 16.5. The Labute approximate surface area is 138 Å². The predicted molar refractivity (Wildman–Crippen MR) is 96.2 cm³/mol. The maximum Gasteiger partial charge on any atom is 0.0646 e. The Morgan fingerprint density at radius 3 is 1.23 bits per heavy atom. The quantitative estimate of drug-likeness (QED) is 0.691. The number of hydrogen-bond acceptors (Lipinski definition) is 2. The van der Waals surface area contributed by atoms with Gasteiger partial charge in [0.25, 0.3) is 0 Å². The van der Waals surface area contributed by atoms with Crippen molar-refractivity contribution in [2.24, 2.45) is 10.8 Å². The third-order valence-corrected chi connectivity index (χ3v) is 3.97. The molecule has 0 spiro atoms. The van der Waals surface area contributed by atoms with Crippen LogP contribution in [-0.2, 0) is 10.8 Å². The molecule has 0 N–H and O–H groups in total. The van der Waals surface area contributed by atoms with E-state index in [0.717, 1.165) is 24.2 Å². The maximum atomic E-state index is 5.02. The van der Waals surface area contributed by atoms with Gasteiger partial charge in [-0.2, -0.15) is 0 Å². The Morgan fingerprint density at radius 2 is 0.955 bits per heavy atom. The molecule has 0 aliphatic carbocycles. The van der Waals surface area contributed by atoms with Gasteiger partial charge in [-0.25, -0.2) is 0 Å². The molecule has 22 heavy (non-hydrogen) atoms. The molecule has 2 nitrogen and oxygen atoms in total. The molecule has 1 aromatic rings. The zero-order chi connectivity index (χ0) is 17.4. The lowest BCUT2D eigenvalue weighted by atomic mass is 9.73. The van der Waals surface area contributed by atoms with Gasteiger partial charge in [-0.05, 0) is 23.7 Å². The molecule has 0 aliphatic rings. The molecule has 0 radical (unpaired) electrons. The molecule has 0 atom stereocenters. The van der Waals surface area contributed by atoms with Gasteiger partial charge in [-0.1, -0.05) is 69.2 Å². The van der Waals surface area contributed by atoms with Gasteiger partial charge in [0.2, 0.25) is 0 Å². The summed E-state index contributed by atoms with van der Waals surface area (Å²) in [5.41, 5.74) is 2.87. The van der Waals surface area contributed by atoms with Gasteiger partial charge < -0.3 is 0 Å². The average Bonchev–Trinajstić information content (AvgIpc) is 2.22. The third kappa shape index (κ3) is 5.70. The molecule has 1 heterocycles. The topological polar surface area (TPSA) is 25.8 Å². The fraction of sp³-hybridized carbons (Fsp3) is 0.800. The zero-order valence-electron chi connectivity index (χ0n) is 16.5. The first kappa shape index (κ1) is 19.1. The second kappa shape index (κ2) is 5.94. The van der Waals surface area contributed by atoms with Crippen molar-refractivity contribution in [3.63, 3.8) is 0 Å². The van der Waals surface area contributed by atoms with E-state index in [4.69, 9.17) is 4.98 Å². The van der Waals surface area contributed by atoms with E-state index in [-0.39, 0.29) is 21.7 Å². The summed E-state index contributed by atoms with van der Waals surface area (Å²) in [7, 11) is 0. The van der Waals surface area contributed by atoms with Gasteiger partial charge in [0.05, 0.1) is 11.4 Å². The predicted octanol–water partition coefficient (Wildman–Crippen LogP) is 5.90. The first-order valence-electron chi connectivity index (χ1n) is 8.46. The molecule has 0 unspecified atom stereocenters. The Balaban J connectivity index is 3.14. The van der Waals surface area contributed by atoms with Crippen molar-refractivity contribution in [3.8, 4) is 0 Å². The van der Waals surface area contributed by atoms with Crippen LogP contribution in [0.4, 0.5) is 0 Å². The number of rotatable bonds is 4. The lowest BCUT2D eigenvalue weighted by Crippen LogP contribution is -2.30. The van der Waals surface area contributed by atoms with Crippen LogP contribution in [0.15, 0.2) is 12.4 Å². The molecule has 2 heteroatoms. The third-order valence-electron chi connectivity index (χ3n) is 3.97. The van der Waals surface area contributed by atoms with Crippen LogP contribution in [0.25, 0.3) is 0 Å². The van der Waals surface area contributed by atoms with Gasteiger partial charge in [0, 0.05) is 23.2 Å². The van der Waals surface area contributed by atoms with Crippen molar-refractivity contribution in [2.75, 3.05) is 0 Å². The van der Waals surface area contributed by atoms with Crippen LogP contribution in [-0.4, -0.2) is 9.97 Å². The fourth-order valence-corrected chi connectivity index (χ4v) is 3.85. The Hall–Kier alpha value is -0.920. The molecule has 0 amide bonds. The minimum absolute atomic E-state index is 0.0407. The molecule has 0 aliphatic heterocycles. The second-order valence-electron chi connectivity index (χ2n) is 10.5. The summed E-state index contributed by atoms with van der Waals surface area (Å²) in [5.74, 6) is 0. The SMILES string of the molecule is CC(C)(C)CC(C)(C)c1cncc(C(C)(C)CC(C)(C)C)n1. The number of nitrogens with zero attached hydrogens (tertiary/aromatic N) is 2. The standard InChI is InChI=1S/C20H36N2/c1-17(2,3)13-19(7,8)15-11-21-12-16(22-15)20(9,10)14-18(4,5)6/h11-12H,13-14H2,1-10H3. The van der Waals surface area contributed by atoms with Crippen LogP contribution in [0.2, 0.25) is 0 Å². The van der Waals surface area contributed by atoms with Crippen LogP contribution >= 0.6 is 0 Å². The van der Waals surface area contributed by atoms with Crippen LogP contribution in [0.3, 0.4) is 0 Å². The van der Waals surface area contributed by atoms with Crippen molar-refractivity contribution in [1.82, 2.24) is 9.97 Å². The first-order valence-corrected chi connectivity index (χ1v) is 8.46. The highest BCUT2D eigenvalue weighted by Gasteiger charge is 2.32. The highest BCUT2D eigenvalue weighted by atomic mass is 14.8. The molecule has 1 aromatic heterocycles.